The van der Waals surface area contributed by atoms with Crippen molar-refractivity contribution >= 4 is 11.6 Å². The molecule has 2 aromatic carbocycles. The molecule has 3 heteroatoms. The van der Waals surface area contributed by atoms with Crippen molar-refractivity contribution in [2.75, 3.05) is 0 Å². The summed E-state index contributed by atoms with van der Waals surface area (Å²) in [5.41, 5.74) is 8.18. The Kier molecular flexibility index (Phi) is 4.83. The maximum atomic E-state index is 6.09. The molecule has 0 aromatic heterocycles. The summed E-state index contributed by atoms with van der Waals surface area (Å²) >= 11 is 5.96. The Hall–Kier alpha value is -1.51. The zero-order valence-corrected chi connectivity index (χ0v) is 11.7. The van der Waals surface area contributed by atoms with Gasteiger partial charge < -0.3 is 10.5 Å². The van der Waals surface area contributed by atoms with Gasteiger partial charge in [0.2, 0.25) is 0 Å². The molecule has 0 unspecified atom stereocenters. The van der Waals surface area contributed by atoms with Gasteiger partial charge in [-0.25, -0.2) is 0 Å². The van der Waals surface area contributed by atoms with E-state index in [1.165, 1.54) is 0 Å². The van der Waals surface area contributed by atoms with E-state index in [0.29, 0.717) is 6.61 Å². The van der Waals surface area contributed by atoms with E-state index in [2.05, 4.69) is 6.92 Å². The van der Waals surface area contributed by atoms with E-state index < -0.39 is 0 Å². The van der Waals surface area contributed by atoms with Crippen LogP contribution in [-0.4, -0.2) is 0 Å². The monoisotopic (exact) mass is 275 g/mol. The molecule has 0 aliphatic rings. The number of para-hydroxylation sites is 1. The SMILES string of the molecule is CC[C@H](N)c1ccccc1OCc1cccc(Cl)c1. The number of halogens is 1. The molecule has 2 N–H and O–H groups in total. The Bertz CT molecular complexity index is 542. The summed E-state index contributed by atoms with van der Waals surface area (Å²) < 4.78 is 5.86. The molecule has 0 saturated carbocycles. The first-order chi connectivity index (χ1) is 9.20. The van der Waals surface area contributed by atoms with Crippen LogP contribution in [0.2, 0.25) is 5.02 Å². The van der Waals surface area contributed by atoms with Gasteiger partial charge in [0.1, 0.15) is 12.4 Å². The molecule has 100 valence electrons. The molecule has 0 radical (unpaired) electrons. The second-order valence-corrected chi connectivity index (χ2v) is 4.91. The van der Waals surface area contributed by atoms with Gasteiger partial charge in [-0.3, -0.25) is 0 Å². The molecule has 2 rings (SSSR count). The lowest BCUT2D eigenvalue weighted by Crippen LogP contribution is -2.10. The zero-order valence-electron chi connectivity index (χ0n) is 11.0. The summed E-state index contributed by atoms with van der Waals surface area (Å²) in [6.45, 7) is 2.56. The lowest BCUT2D eigenvalue weighted by Gasteiger charge is -2.15. The Morgan fingerprint density at radius 3 is 2.68 bits per heavy atom. The van der Waals surface area contributed by atoms with Gasteiger partial charge in [0.05, 0.1) is 0 Å². The molecule has 0 aliphatic carbocycles. The minimum atomic E-state index is 0.00978. The van der Waals surface area contributed by atoms with Crippen LogP contribution in [0.5, 0.6) is 5.75 Å². The third kappa shape index (κ3) is 3.72. The highest BCUT2D eigenvalue weighted by atomic mass is 35.5. The van der Waals surface area contributed by atoms with Gasteiger partial charge >= 0.3 is 0 Å². The highest BCUT2D eigenvalue weighted by Gasteiger charge is 2.09. The summed E-state index contributed by atoms with van der Waals surface area (Å²) in [5, 5.41) is 0.722. The summed E-state index contributed by atoms with van der Waals surface area (Å²) in [7, 11) is 0. The average molecular weight is 276 g/mol. The Morgan fingerprint density at radius 1 is 1.16 bits per heavy atom. The first kappa shape index (κ1) is 13.9. The molecular weight excluding hydrogens is 258 g/mol. The van der Waals surface area contributed by atoms with Gasteiger partial charge in [-0.05, 0) is 30.2 Å². The second-order valence-electron chi connectivity index (χ2n) is 4.47. The lowest BCUT2D eigenvalue weighted by atomic mass is 10.0. The van der Waals surface area contributed by atoms with E-state index >= 15 is 0 Å². The zero-order chi connectivity index (χ0) is 13.7. The van der Waals surface area contributed by atoms with E-state index in [0.717, 1.165) is 28.3 Å². The van der Waals surface area contributed by atoms with Crippen LogP contribution in [0.1, 0.15) is 30.5 Å². The van der Waals surface area contributed by atoms with Crippen LogP contribution in [0, 0.1) is 0 Å². The molecule has 0 fully saturated rings. The highest BCUT2D eigenvalue weighted by molar-refractivity contribution is 6.30. The number of rotatable bonds is 5. The minimum absolute atomic E-state index is 0.00978. The van der Waals surface area contributed by atoms with Gasteiger partial charge in [0.15, 0.2) is 0 Å². The number of benzene rings is 2. The Morgan fingerprint density at radius 2 is 1.95 bits per heavy atom. The van der Waals surface area contributed by atoms with Crippen molar-refractivity contribution in [2.45, 2.75) is 26.0 Å². The van der Waals surface area contributed by atoms with Crippen molar-refractivity contribution < 1.29 is 4.74 Å². The molecule has 0 spiro atoms. The maximum absolute atomic E-state index is 6.09. The quantitative estimate of drug-likeness (QED) is 0.881. The number of hydrogen-bond donors (Lipinski definition) is 1. The first-order valence-corrected chi connectivity index (χ1v) is 6.80. The molecule has 0 amide bonds. The van der Waals surface area contributed by atoms with Gasteiger partial charge in [-0.2, -0.15) is 0 Å². The fraction of sp³-hybridized carbons (Fsp3) is 0.250. The predicted molar refractivity (Wildman–Crippen MR) is 79.4 cm³/mol. The molecule has 1 atom stereocenters. The van der Waals surface area contributed by atoms with Crippen molar-refractivity contribution in [3.05, 3.63) is 64.7 Å². The molecule has 19 heavy (non-hydrogen) atoms. The third-order valence-electron chi connectivity index (χ3n) is 3.04. The average Bonchev–Trinajstić information content (AvgIpc) is 2.45. The van der Waals surface area contributed by atoms with Crippen molar-refractivity contribution in [1.29, 1.82) is 0 Å². The molecule has 0 heterocycles. The van der Waals surface area contributed by atoms with E-state index in [-0.39, 0.29) is 6.04 Å². The summed E-state index contributed by atoms with van der Waals surface area (Å²) in [6, 6.07) is 15.6. The largest absolute Gasteiger partial charge is 0.489 e. The smallest absolute Gasteiger partial charge is 0.124 e. The van der Waals surface area contributed by atoms with Crippen LogP contribution in [0.4, 0.5) is 0 Å². The fourth-order valence-corrected chi connectivity index (χ4v) is 2.14. The molecular formula is C16H18ClNO. The van der Waals surface area contributed by atoms with Crippen LogP contribution >= 0.6 is 11.6 Å². The van der Waals surface area contributed by atoms with Gasteiger partial charge in [0.25, 0.3) is 0 Å². The lowest BCUT2D eigenvalue weighted by molar-refractivity contribution is 0.300. The van der Waals surface area contributed by atoms with Crippen LogP contribution in [0.25, 0.3) is 0 Å². The number of nitrogens with two attached hydrogens (primary N) is 1. The Balaban J connectivity index is 2.11. The number of ether oxygens (including phenoxy) is 1. The predicted octanol–water partition coefficient (Wildman–Crippen LogP) is 4.33. The van der Waals surface area contributed by atoms with Gasteiger partial charge in [0, 0.05) is 16.6 Å². The minimum Gasteiger partial charge on any atom is -0.489 e. The van der Waals surface area contributed by atoms with Crippen molar-refractivity contribution in [2.24, 2.45) is 5.73 Å². The van der Waals surface area contributed by atoms with Crippen molar-refractivity contribution in [3.63, 3.8) is 0 Å². The molecule has 2 aromatic rings. The van der Waals surface area contributed by atoms with Crippen molar-refractivity contribution in [1.82, 2.24) is 0 Å². The second kappa shape index (κ2) is 6.60. The van der Waals surface area contributed by atoms with Gasteiger partial charge in [-0.1, -0.05) is 48.9 Å². The molecule has 0 saturated heterocycles. The van der Waals surface area contributed by atoms with E-state index in [1.807, 2.05) is 48.5 Å². The maximum Gasteiger partial charge on any atom is 0.124 e. The molecule has 0 bridgehead atoms. The highest BCUT2D eigenvalue weighted by Crippen LogP contribution is 2.26. The van der Waals surface area contributed by atoms with E-state index in [1.54, 1.807) is 0 Å². The summed E-state index contributed by atoms with van der Waals surface area (Å²) in [6.07, 6.45) is 0.886. The van der Waals surface area contributed by atoms with Gasteiger partial charge in [-0.15, -0.1) is 0 Å². The van der Waals surface area contributed by atoms with Crippen molar-refractivity contribution in [3.8, 4) is 5.75 Å². The van der Waals surface area contributed by atoms with Crippen LogP contribution in [0.3, 0.4) is 0 Å². The van der Waals surface area contributed by atoms with E-state index in [4.69, 9.17) is 22.1 Å². The standard InChI is InChI=1S/C16H18ClNO/c1-2-15(18)14-8-3-4-9-16(14)19-11-12-6-5-7-13(17)10-12/h3-10,15H,2,11,18H2,1H3/t15-/m0/s1. The van der Waals surface area contributed by atoms with Crippen LogP contribution in [0.15, 0.2) is 48.5 Å². The Labute approximate surface area is 119 Å². The van der Waals surface area contributed by atoms with Crippen LogP contribution < -0.4 is 10.5 Å². The molecule has 2 nitrogen and oxygen atoms in total. The van der Waals surface area contributed by atoms with E-state index in [9.17, 15) is 0 Å². The third-order valence-corrected chi connectivity index (χ3v) is 3.28. The normalized spacial score (nSPS) is 12.2. The fourth-order valence-electron chi connectivity index (χ4n) is 1.93. The summed E-state index contributed by atoms with van der Waals surface area (Å²) in [5.74, 6) is 0.844. The summed E-state index contributed by atoms with van der Waals surface area (Å²) in [4.78, 5) is 0. The number of hydrogen-bond acceptors (Lipinski definition) is 2. The first-order valence-electron chi connectivity index (χ1n) is 6.42. The van der Waals surface area contributed by atoms with Crippen LogP contribution in [-0.2, 0) is 6.61 Å². The molecule has 0 aliphatic heterocycles. The topological polar surface area (TPSA) is 35.2 Å².